The molecule has 2 unspecified atom stereocenters. The van der Waals surface area contributed by atoms with Gasteiger partial charge in [-0.2, -0.15) is 5.10 Å². The van der Waals surface area contributed by atoms with Crippen molar-refractivity contribution < 1.29 is 14.5 Å². The Labute approximate surface area is 207 Å². The summed E-state index contributed by atoms with van der Waals surface area (Å²) in [5, 5.41) is 15.6. The van der Waals surface area contributed by atoms with E-state index in [2.05, 4.69) is 21.4 Å². The highest BCUT2D eigenvalue weighted by molar-refractivity contribution is 6.30. The Kier molecular flexibility index (Phi) is 7.71. The molecule has 1 aliphatic heterocycles. The summed E-state index contributed by atoms with van der Waals surface area (Å²) in [6, 6.07) is 20.7. The van der Waals surface area contributed by atoms with E-state index < -0.39 is 11.0 Å². The molecule has 0 aliphatic carbocycles. The van der Waals surface area contributed by atoms with E-state index in [0.717, 1.165) is 16.9 Å². The normalized spacial score (nSPS) is 17.7. The number of nitro groups is 1. The fourth-order valence-corrected chi connectivity index (χ4v) is 3.72. The number of hydrogen-bond donors (Lipinski definition) is 3. The lowest BCUT2D eigenvalue weighted by Gasteiger charge is -2.11. The number of nitrogens with zero attached hydrogens (tertiary/aromatic N) is 2. The van der Waals surface area contributed by atoms with Gasteiger partial charge >= 0.3 is 0 Å². The Morgan fingerprint density at radius 3 is 2.43 bits per heavy atom. The fraction of sp³-hybridized carbons (Fsp3) is 0.200. The number of halogens is 1. The van der Waals surface area contributed by atoms with Crippen LogP contribution in [0.5, 0.6) is 5.75 Å². The summed E-state index contributed by atoms with van der Waals surface area (Å²) < 4.78 is 5.83. The smallest absolute Gasteiger partial charge is 0.269 e. The van der Waals surface area contributed by atoms with E-state index in [1.807, 2.05) is 48.5 Å². The van der Waals surface area contributed by atoms with E-state index in [9.17, 15) is 14.9 Å². The number of non-ortho nitro benzene ring substituents is 1. The van der Waals surface area contributed by atoms with Crippen LogP contribution in [0.3, 0.4) is 0 Å². The van der Waals surface area contributed by atoms with Gasteiger partial charge in [0.1, 0.15) is 18.4 Å². The Hall–Kier alpha value is -3.79. The summed E-state index contributed by atoms with van der Waals surface area (Å²) in [5.41, 5.74) is 12.0. The number of carbonyl (C=O) groups is 1. The van der Waals surface area contributed by atoms with Crippen molar-refractivity contribution in [2.75, 3.05) is 0 Å². The molecule has 180 valence electrons. The molecule has 1 amide bonds. The van der Waals surface area contributed by atoms with E-state index >= 15 is 0 Å². The standard InChI is InChI=1S/C25H24ClN5O4/c1-16(18-4-10-21(11-5-18)31(33)34)27-30-25(32)24-14-23(28-29-24)19-6-12-22(13-7-19)35-15-17-2-8-20(26)9-3-17/h2-13,23-24,28-29H,14-15H2,1H3,(H,30,32)/b27-16+. The van der Waals surface area contributed by atoms with Crippen LogP contribution in [-0.2, 0) is 11.4 Å². The van der Waals surface area contributed by atoms with Gasteiger partial charge in [-0.15, -0.1) is 0 Å². The summed E-state index contributed by atoms with van der Waals surface area (Å²) in [6.45, 7) is 2.17. The first-order valence-corrected chi connectivity index (χ1v) is 11.3. The zero-order chi connectivity index (χ0) is 24.8. The number of hydrazine groups is 1. The molecule has 0 saturated carbocycles. The van der Waals surface area contributed by atoms with Crippen LogP contribution in [0.2, 0.25) is 5.02 Å². The summed E-state index contributed by atoms with van der Waals surface area (Å²) in [5.74, 6) is 0.476. The minimum absolute atomic E-state index is 0.000918. The Morgan fingerprint density at radius 2 is 1.77 bits per heavy atom. The van der Waals surface area contributed by atoms with Gasteiger partial charge in [-0.25, -0.2) is 16.3 Å². The Morgan fingerprint density at radius 1 is 1.09 bits per heavy atom. The number of hydrazone groups is 1. The van der Waals surface area contributed by atoms with E-state index in [0.29, 0.717) is 29.3 Å². The highest BCUT2D eigenvalue weighted by Gasteiger charge is 2.30. The highest BCUT2D eigenvalue weighted by Crippen LogP contribution is 2.25. The second-order valence-corrected chi connectivity index (χ2v) is 8.53. The van der Waals surface area contributed by atoms with Gasteiger partial charge in [0.15, 0.2) is 0 Å². The number of carbonyl (C=O) groups excluding carboxylic acids is 1. The number of benzene rings is 3. The average Bonchev–Trinajstić information content (AvgIpc) is 3.37. The summed E-state index contributed by atoms with van der Waals surface area (Å²) >= 11 is 5.91. The van der Waals surface area contributed by atoms with Crippen LogP contribution in [0, 0.1) is 10.1 Å². The maximum Gasteiger partial charge on any atom is 0.269 e. The molecule has 1 saturated heterocycles. The van der Waals surface area contributed by atoms with Gasteiger partial charge in [-0.1, -0.05) is 35.9 Å². The van der Waals surface area contributed by atoms with Crippen molar-refractivity contribution >= 4 is 28.9 Å². The lowest BCUT2D eigenvalue weighted by atomic mass is 10.0. The molecule has 3 aromatic carbocycles. The molecule has 35 heavy (non-hydrogen) atoms. The third-order valence-electron chi connectivity index (χ3n) is 5.65. The number of hydrogen-bond acceptors (Lipinski definition) is 7. The molecule has 9 nitrogen and oxygen atoms in total. The van der Waals surface area contributed by atoms with Gasteiger partial charge < -0.3 is 4.74 Å². The fourth-order valence-electron chi connectivity index (χ4n) is 3.60. The van der Waals surface area contributed by atoms with Crippen LogP contribution < -0.4 is 21.0 Å². The van der Waals surface area contributed by atoms with Crippen LogP contribution in [0.1, 0.15) is 36.1 Å². The molecular formula is C25H24ClN5O4. The van der Waals surface area contributed by atoms with Gasteiger partial charge in [-0.3, -0.25) is 14.9 Å². The number of nitrogens with one attached hydrogen (secondary N) is 3. The maximum atomic E-state index is 12.6. The molecular weight excluding hydrogens is 470 g/mol. The van der Waals surface area contributed by atoms with Gasteiger partial charge in [0.2, 0.25) is 0 Å². The zero-order valence-corrected chi connectivity index (χ0v) is 19.7. The number of nitro benzene ring substituents is 1. The second kappa shape index (κ2) is 11.1. The van der Waals surface area contributed by atoms with Crippen molar-refractivity contribution in [2.45, 2.75) is 32.0 Å². The lowest BCUT2D eigenvalue weighted by molar-refractivity contribution is -0.384. The summed E-state index contributed by atoms with van der Waals surface area (Å²) in [4.78, 5) is 22.9. The monoisotopic (exact) mass is 493 g/mol. The van der Waals surface area contributed by atoms with Crippen molar-refractivity contribution in [3.63, 3.8) is 0 Å². The van der Waals surface area contributed by atoms with Gasteiger partial charge in [-0.05, 0) is 66.4 Å². The first kappa shape index (κ1) is 24.3. The van der Waals surface area contributed by atoms with Gasteiger partial charge in [0.25, 0.3) is 11.6 Å². The summed E-state index contributed by atoms with van der Waals surface area (Å²) in [6.07, 6.45) is 0.545. The molecule has 0 bridgehead atoms. The predicted octanol–water partition coefficient (Wildman–Crippen LogP) is 4.28. The maximum absolute atomic E-state index is 12.6. The first-order chi connectivity index (χ1) is 16.9. The van der Waals surface area contributed by atoms with Crippen LogP contribution in [-0.4, -0.2) is 22.6 Å². The number of amides is 1. The molecule has 2 atom stereocenters. The molecule has 3 aromatic rings. The topological polar surface area (TPSA) is 118 Å². The highest BCUT2D eigenvalue weighted by atomic mass is 35.5. The molecule has 1 heterocycles. The second-order valence-electron chi connectivity index (χ2n) is 8.09. The van der Waals surface area contributed by atoms with Crippen LogP contribution in [0.4, 0.5) is 5.69 Å². The van der Waals surface area contributed by atoms with Crippen LogP contribution in [0.15, 0.2) is 77.9 Å². The molecule has 0 radical (unpaired) electrons. The summed E-state index contributed by atoms with van der Waals surface area (Å²) in [7, 11) is 0. The van der Waals surface area contributed by atoms with Gasteiger partial charge in [0, 0.05) is 23.2 Å². The van der Waals surface area contributed by atoms with E-state index in [-0.39, 0.29) is 17.6 Å². The molecule has 0 spiro atoms. The van der Waals surface area contributed by atoms with Gasteiger partial charge in [0.05, 0.1) is 10.6 Å². The minimum Gasteiger partial charge on any atom is -0.489 e. The molecule has 10 heteroatoms. The Balaban J connectivity index is 1.27. The first-order valence-electron chi connectivity index (χ1n) is 11.0. The van der Waals surface area contributed by atoms with E-state index in [1.54, 1.807) is 19.1 Å². The lowest BCUT2D eigenvalue weighted by Crippen LogP contribution is -2.41. The molecule has 0 aromatic heterocycles. The Bertz CT molecular complexity index is 1210. The minimum atomic E-state index is -0.464. The van der Waals surface area contributed by atoms with Crippen molar-refractivity contribution in [3.05, 3.63) is 105 Å². The zero-order valence-electron chi connectivity index (χ0n) is 18.9. The predicted molar refractivity (Wildman–Crippen MR) is 133 cm³/mol. The van der Waals surface area contributed by atoms with E-state index in [4.69, 9.17) is 16.3 Å². The third-order valence-corrected chi connectivity index (χ3v) is 5.90. The number of ether oxygens (including phenoxy) is 1. The SMILES string of the molecule is C/C(=N\NC(=O)C1CC(c2ccc(OCc3ccc(Cl)cc3)cc2)NN1)c1ccc([N+](=O)[O-])cc1. The van der Waals surface area contributed by atoms with Crippen molar-refractivity contribution in [1.29, 1.82) is 0 Å². The van der Waals surface area contributed by atoms with Crippen molar-refractivity contribution in [1.82, 2.24) is 16.3 Å². The molecule has 1 fully saturated rings. The molecule has 4 rings (SSSR count). The van der Waals surface area contributed by atoms with Crippen molar-refractivity contribution in [2.24, 2.45) is 5.10 Å². The largest absolute Gasteiger partial charge is 0.489 e. The van der Waals surface area contributed by atoms with E-state index in [1.165, 1.54) is 12.1 Å². The quantitative estimate of drug-likeness (QED) is 0.245. The third kappa shape index (κ3) is 6.42. The molecule has 3 N–H and O–H groups in total. The van der Waals surface area contributed by atoms with Crippen LogP contribution >= 0.6 is 11.6 Å². The average molecular weight is 494 g/mol. The van der Waals surface area contributed by atoms with Crippen molar-refractivity contribution in [3.8, 4) is 5.75 Å². The molecule has 1 aliphatic rings. The van der Waals surface area contributed by atoms with Crippen LogP contribution in [0.25, 0.3) is 0 Å². The number of rotatable bonds is 8.